The predicted octanol–water partition coefficient (Wildman–Crippen LogP) is 0.978. The van der Waals surface area contributed by atoms with E-state index in [0.717, 1.165) is 11.1 Å². The lowest BCUT2D eigenvalue weighted by molar-refractivity contribution is -0.169. The third kappa shape index (κ3) is 2.22. The number of hydrogen-bond acceptors (Lipinski definition) is 3. The highest BCUT2D eigenvalue weighted by molar-refractivity contribution is 5.86. The first-order valence-corrected chi connectivity index (χ1v) is 5.67. The molecule has 1 aromatic rings. The summed E-state index contributed by atoms with van der Waals surface area (Å²) >= 11 is 0. The summed E-state index contributed by atoms with van der Waals surface area (Å²) in [7, 11) is 1.49. The number of carbonyl (C=O) groups is 2. The molecule has 1 N–H and O–H groups in total. The summed E-state index contributed by atoms with van der Waals surface area (Å²) in [4.78, 5) is 24.0. The van der Waals surface area contributed by atoms with Crippen molar-refractivity contribution < 1.29 is 19.4 Å². The molecule has 1 amide bonds. The van der Waals surface area contributed by atoms with Crippen molar-refractivity contribution in [2.45, 2.75) is 19.1 Å². The first kappa shape index (κ1) is 12.6. The highest BCUT2D eigenvalue weighted by atomic mass is 16.5. The van der Waals surface area contributed by atoms with E-state index < -0.39 is 18.1 Å². The number of hydrogen-bond donors (Lipinski definition) is 1. The number of carboxylic acids is 1. The van der Waals surface area contributed by atoms with Crippen LogP contribution in [-0.2, 0) is 14.3 Å². The van der Waals surface area contributed by atoms with E-state index in [1.807, 2.05) is 31.2 Å². The van der Waals surface area contributed by atoms with Crippen LogP contribution in [0.1, 0.15) is 17.2 Å². The van der Waals surface area contributed by atoms with E-state index in [-0.39, 0.29) is 12.5 Å². The topological polar surface area (TPSA) is 66.8 Å². The van der Waals surface area contributed by atoms with E-state index in [9.17, 15) is 14.7 Å². The van der Waals surface area contributed by atoms with Crippen LogP contribution >= 0.6 is 0 Å². The fourth-order valence-electron chi connectivity index (χ4n) is 2.13. The van der Waals surface area contributed by atoms with Gasteiger partial charge >= 0.3 is 5.97 Å². The quantitative estimate of drug-likeness (QED) is 0.848. The number of rotatable bonds is 2. The minimum Gasteiger partial charge on any atom is -0.480 e. The molecule has 0 aliphatic carbocycles. The van der Waals surface area contributed by atoms with E-state index in [1.54, 1.807) is 0 Å². The van der Waals surface area contributed by atoms with Gasteiger partial charge in [0.15, 0.2) is 6.04 Å². The van der Waals surface area contributed by atoms with Crippen molar-refractivity contribution in [3.05, 3.63) is 35.4 Å². The van der Waals surface area contributed by atoms with E-state index in [1.165, 1.54) is 11.9 Å². The molecular formula is C13H15NO4. The van der Waals surface area contributed by atoms with E-state index >= 15 is 0 Å². The lowest BCUT2D eigenvalue weighted by Crippen LogP contribution is -2.52. The number of carbonyl (C=O) groups excluding carboxylic acids is 1. The normalized spacial score (nSPS) is 24.1. The zero-order chi connectivity index (χ0) is 13.3. The van der Waals surface area contributed by atoms with Gasteiger partial charge < -0.3 is 14.7 Å². The number of nitrogens with zero attached hydrogens (tertiary/aromatic N) is 1. The van der Waals surface area contributed by atoms with E-state index in [2.05, 4.69) is 0 Å². The van der Waals surface area contributed by atoms with Crippen molar-refractivity contribution >= 4 is 11.9 Å². The predicted molar refractivity (Wildman–Crippen MR) is 64.1 cm³/mol. The molecule has 18 heavy (non-hydrogen) atoms. The van der Waals surface area contributed by atoms with Crippen LogP contribution in [0.15, 0.2) is 24.3 Å². The molecule has 0 spiro atoms. The zero-order valence-electron chi connectivity index (χ0n) is 10.3. The van der Waals surface area contributed by atoms with Gasteiger partial charge in [-0.3, -0.25) is 4.79 Å². The maximum absolute atomic E-state index is 11.5. The van der Waals surface area contributed by atoms with Gasteiger partial charge in [0.05, 0.1) is 0 Å². The molecule has 0 aromatic heterocycles. The Bertz CT molecular complexity index is 486. The van der Waals surface area contributed by atoms with Crippen LogP contribution in [-0.4, -0.2) is 41.6 Å². The van der Waals surface area contributed by atoms with Gasteiger partial charge in [0.2, 0.25) is 5.91 Å². The number of benzene rings is 1. The molecule has 2 unspecified atom stereocenters. The maximum Gasteiger partial charge on any atom is 0.329 e. The smallest absolute Gasteiger partial charge is 0.329 e. The molecule has 1 aromatic carbocycles. The summed E-state index contributed by atoms with van der Waals surface area (Å²) in [6.07, 6.45) is -0.620. The molecule has 5 nitrogen and oxygen atoms in total. The molecule has 1 aliphatic rings. The molecule has 5 heteroatoms. The minimum absolute atomic E-state index is 0.0844. The van der Waals surface area contributed by atoms with Crippen molar-refractivity contribution in [1.82, 2.24) is 4.90 Å². The molecule has 1 fully saturated rings. The summed E-state index contributed by atoms with van der Waals surface area (Å²) < 4.78 is 5.40. The van der Waals surface area contributed by atoms with Crippen LogP contribution in [0, 0.1) is 6.92 Å². The zero-order valence-corrected chi connectivity index (χ0v) is 10.3. The second-order valence-corrected chi connectivity index (χ2v) is 4.43. The number of morpholine rings is 1. The van der Waals surface area contributed by atoms with Crippen molar-refractivity contribution in [1.29, 1.82) is 0 Å². The largest absolute Gasteiger partial charge is 0.480 e. The van der Waals surface area contributed by atoms with Gasteiger partial charge in [0.1, 0.15) is 12.7 Å². The molecule has 2 atom stereocenters. The molecule has 0 saturated carbocycles. The van der Waals surface area contributed by atoms with Gasteiger partial charge in [-0.15, -0.1) is 0 Å². The fourth-order valence-corrected chi connectivity index (χ4v) is 2.13. The summed E-state index contributed by atoms with van der Waals surface area (Å²) in [6, 6.07) is 6.50. The number of ether oxygens (including phenoxy) is 1. The van der Waals surface area contributed by atoms with Crippen molar-refractivity contribution in [2.24, 2.45) is 0 Å². The average Bonchev–Trinajstić information content (AvgIpc) is 2.32. The Morgan fingerprint density at radius 2 is 2.22 bits per heavy atom. The maximum atomic E-state index is 11.5. The van der Waals surface area contributed by atoms with Crippen LogP contribution in [0.3, 0.4) is 0 Å². The van der Waals surface area contributed by atoms with Gasteiger partial charge in [0, 0.05) is 7.05 Å². The number of amides is 1. The Morgan fingerprint density at radius 1 is 1.50 bits per heavy atom. The first-order chi connectivity index (χ1) is 8.50. The van der Waals surface area contributed by atoms with Crippen molar-refractivity contribution in [3.8, 4) is 0 Å². The summed E-state index contributed by atoms with van der Waals surface area (Å²) in [5, 5.41) is 9.25. The number of aryl methyl sites for hydroxylation is 1. The Hall–Kier alpha value is -1.88. The Balaban J connectivity index is 2.36. The van der Waals surface area contributed by atoms with Crippen LogP contribution < -0.4 is 0 Å². The Kier molecular flexibility index (Phi) is 3.34. The second kappa shape index (κ2) is 4.78. The lowest BCUT2D eigenvalue weighted by atomic mass is 9.98. The van der Waals surface area contributed by atoms with Crippen molar-refractivity contribution in [3.63, 3.8) is 0 Å². The molecule has 96 valence electrons. The average molecular weight is 249 g/mol. The molecule has 0 bridgehead atoms. The lowest BCUT2D eigenvalue weighted by Gasteiger charge is -2.36. The third-order valence-corrected chi connectivity index (χ3v) is 3.11. The van der Waals surface area contributed by atoms with E-state index in [4.69, 9.17) is 4.74 Å². The SMILES string of the molecule is Cc1cccc(C2OCC(=O)N(C)C2C(=O)O)c1. The first-order valence-electron chi connectivity index (χ1n) is 5.67. The summed E-state index contributed by atoms with van der Waals surface area (Å²) in [6.45, 7) is 1.84. The number of carboxylic acid groups (broad SMARTS) is 1. The molecule has 1 saturated heterocycles. The Morgan fingerprint density at radius 3 is 2.83 bits per heavy atom. The highest BCUT2D eigenvalue weighted by Crippen LogP contribution is 2.28. The Labute approximate surface area is 105 Å². The van der Waals surface area contributed by atoms with Crippen LogP contribution in [0.2, 0.25) is 0 Å². The number of aliphatic carboxylic acids is 1. The molecule has 2 rings (SSSR count). The van der Waals surface area contributed by atoms with Gasteiger partial charge in [0.25, 0.3) is 0 Å². The fraction of sp³-hybridized carbons (Fsp3) is 0.385. The third-order valence-electron chi connectivity index (χ3n) is 3.11. The van der Waals surface area contributed by atoms with Gasteiger partial charge in [-0.2, -0.15) is 0 Å². The summed E-state index contributed by atoms with van der Waals surface area (Å²) in [5.74, 6) is -1.37. The monoisotopic (exact) mass is 249 g/mol. The van der Waals surface area contributed by atoms with Crippen LogP contribution in [0.4, 0.5) is 0 Å². The highest BCUT2D eigenvalue weighted by Gasteiger charge is 2.40. The summed E-state index contributed by atoms with van der Waals surface area (Å²) in [5.41, 5.74) is 1.81. The standard InChI is InChI=1S/C13H15NO4/c1-8-4-3-5-9(6-8)12-11(13(16)17)14(2)10(15)7-18-12/h3-6,11-12H,7H2,1-2H3,(H,16,17). The molecule has 0 radical (unpaired) electrons. The van der Waals surface area contributed by atoms with E-state index in [0.29, 0.717) is 0 Å². The van der Waals surface area contributed by atoms with Crippen molar-refractivity contribution in [2.75, 3.05) is 13.7 Å². The van der Waals surface area contributed by atoms with Gasteiger partial charge in [-0.25, -0.2) is 4.79 Å². The molecule has 1 aliphatic heterocycles. The minimum atomic E-state index is -1.06. The van der Waals surface area contributed by atoms with Gasteiger partial charge in [-0.1, -0.05) is 29.8 Å². The number of likely N-dealkylation sites (N-methyl/N-ethyl adjacent to an activating group) is 1. The molecular weight excluding hydrogens is 234 g/mol. The van der Waals surface area contributed by atoms with Crippen LogP contribution in [0.25, 0.3) is 0 Å². The molecule has 1 heterocycles. The van der Waals surface area contributed by atoms with Gasteiger partial charge in [-0.05, 0) is 12.5 Å². The van der Waals surface area contributed by atoms with Crippen LogP contribution in [0.5, 0.6) is 0 Å². The second-order valence-electron chi connectivity index (χ2n) is 4.43.